The van der Waals surface area contributed by atoms with Crippen LogP contribution in [0.5, 0.6) is 0 Å². The summed E-state index contributed by atoms with van der Waals surface area (Å²) in [5, 5.41) is 3.62. The van der Waals surface area contributed by atoms with Gasteiger partial charge < -0.3 is 11.1 Å². The van der Waals surface area contributed by atoms with Gasteiger partial charge in [0.05, 0.1) is 5.02 Å². The van der Waals surface area contributed by atoms with E-state index in [1.165, 1.54) is 6.07 Å². The summed E-state index contributed by atoms with van der Waals surface area (Å²) < 4.78 is 13.2. The third-order valence-corrected chi connectivity index (χ3v) is 3.66. The van der Waals surface area contributed by atoms with Gasteiger partial charge in [-0.3, -0.25) is 0 Å². The molecule has 2 nitrogen and oxygen atoms in total. The number of benzene rings is 1. The van der Waals surface area contributed by atoms with E-state index in [4.69, 9.17) is 17.3 Å². The lowest BCUT2D eigenvalue weighted by Crippen LogP contribution is -2.37. The first-order valence-electron chi connectivity index (χ1n) is 6.08. The minimum Gasteiger partial charge on any atom is -0.328 e. The maximum absolute atomic E-state index is 13.2. The summed E-state index contributed by atoms with van der Waals surface area (Å²) in [6.07, 6.45) is 4.37. The van der Waals surface area contributed by atoms with Crippen molar-refractivity contribution in [1.29, 1.82) is 0 Å². The zero-order chi connectivity index (χ0) is 12.3. The van der Waals surface area contributed by atoms with Crippen molar-refractivity contribution in [3.05, 3.63) is 34.6 Å². The SMILES string of the molecule is NC1CCC(NCc2ccc(Cl)c(F)c2)CC1. The smallest absolute Gasteiger partial charge is 0.142 e. The number of hydrogen-bond donors (Lipinski definition) is 2. The molecule has 0 saturated heterocycles. The number of nitrogens with one attached hydrogen (secondary N) is 1. The highest BCUT2D eigenvalue weighted by molar-refractivity contribution is 6.30. The Bertz CT molecular complexity index is 376. The highest BCUT2D eigenvalue weighted by Gasteiger charge is 2.17. The van der Waals surface area contributed by atoms with E-state index in [1.807, 2.05) is 6.07 Å². The van der Waals surface area contributed by atoms with Crippen molar-refractivity contribution in [2.75, 3.05) is 0 Å². The molecule has 17 heavy (non-hydrogen) atoms. The van der Waals surface area contributed by atoms with Gasteiger partial charge in [0.1, 0.15) is 5.82 Å². The van der Waals surface area contributed by atoms with Gasteiger partial charge in [0.2, 0.25) is 0 Å². The van der Waals surface area contributed by atoms with Gasteiger partial charge >= 0.3 is 0 Å². The Kier molecular flexibility index (Phi) is 4.37. The highest BCUT2D eigenvalue weighted by atomic mass is 35.5. The van der Waals surface area contributed by atoms with E-state index < -0.39 is 0 Å². The van der Waals surface area contributed by atoms with Crippen LogP contribution < -0.4 is 11.1 Å². The van der Waals surface area contributed by atoms with E-state index in [0.717, 1.165) is 31.2 Å². The summed E-state index contributed by atoms with van der Waals surface area (Å²) in [5.74, 6) is -0.350. The molecule has 4 heteroatoms. The van der Waals surface area contributed by atoms with Crippen LogP contribution >= 0.6 is 11.6 Å². The lowest BCUT2D eigenvalue weighted by Gasteiger charge is -2.27. The number of nitrogens with two attached hydrogens (primary N) is 1. The van der Waals surface area contributed by atoms with Crippen molar-refractivity contribution >= 4 is 11.6 Å². The van der Waals surface area contributed by atoms with E-state index in [9.17, 15) is 4.39 Å². The van der Waals surface area contributed by atoms with Crippen LogP contribution in [0.1, 0.15) is 31.2 Å². The third-order valence-electron chi connectivity index (χ3n) is 3.35. The Hall–Kier alpha value is -0.640. The monoisotopic (exact) mass is 256 g/mol. The quantitative estimate of drug-likeness (QED) is 0.873. The Labute approximate surface area is 106 Å². The van der Waals surface area contributed by atoms with Crippen LogP contribution in [-0.4, -0.2) is 12.1 Å². The number of rotatable bonds is 3. The molecule has 2 rings (SSSR count). The molecule has 0 unspecified atom stereocenters. The molecule has 1 aliphatic rings. The molecule has 3 N–H and O–H groups in total. The Morgan fingerprint density at radius 2 is 2.00 bits per heavy atom. The van der Waals surface area contributed by atoms with E-state index in [1.54, 1.807) is 6.07 Å². The summed E-state index contributed by atoms with van der Waals surface area (Å²) in [6.45, 7) is 0.688. The van der Waals surface area contributed by atoms with Crippen LogP contribution in [0.2, 0.25) is 5.02 Å². The molecule has 0 amide bonds. The fourth-order valence-corrected chi connectivity index (χ4v) is 2.35. The predicted octanol–water partition coefficient (Wildman–Crippen LogP) is 2.84. The zero-order valence-corrected chi connectivity index (χ0v) is 10.5. The first-order valence-corrected chi connectivity index (χ1v) is 6.46. The van der Waals surface area contributed by atoms with Gasteiger partial charge in [-0.05, 0) is 43.4 Å². The van der Waals surface area contributed by atoms with Gasteiger partial charge in [-0.25, -0.2) is 4.39 Å². The van der Waals surface area contributed by atoms with Gasteiger partial charge in [-0.1, -0.05) is 17.7 Å². The Morgan fingerprint density at radius 1 is 1.29 bits per heavy atom. The second-order valence-corrected chi connectivity index (χ2v) is 5.15. The summed E-state index contributed by atoms with van der Waals surface area (Å²) in [4.78, 5) is 0. The Balaban J connectivity index is 1.83. The molecule has 0 heterocycles. The zero-order valence-electron chi connectivity index (χ0n) is 9.76. The Morgan fingerprint density at radius 3 is 2.65 bits per heavy atom. The van der Waals surface area contributed by atoms with Gasteiger partial charge in [0.15, 0.2) is 0 Å². The standard InChI is InChI=1S/C13H18ClFN2/c14-12-6-1-9(7-13(12)15)8-17-11-4-2-10(16)3-5-11/h1,6-7,10-11,17H,2-5,8,16H2. The van der Waals surface area contributed by atoms with Gasteiger partial charge in [0, 0.05) is 18.6 Å². The van der Waals surface area contributed by atoms with Gasteiger partial charge in [-0.15, -0.1) is 0 Å². The highest BCUT2D eigenvalue weighted by Crippen LogP contribution is 2.19. The molecule has 1 aromatic rings. The minimum atomic E-state index is -0.350. The van der Waals surface area contributed by atoms with E-state index in [2.05, 4.69) is 5.32 Å². The fourth-order valence-electron chi connectivity index (χ4n) is 2.24. The summed E-state index contributed by atoms with van der Waals surface area (Å²) in [7, 11) is 0. The average Bonchev–Trinajstić information content (AvgIpc) is 2.33. The second kappa shape index (κ2) is 5.80. The van der Waals surface area contributed by atoms with Gasteiger partial charge in [-0.2, -0.15) is 0 Å². The van der Waals surface area contributed by atoms with Crippen LogP contribution in [0.4, 0.5) is 4.39 Å². The van der Waals surface area contributed by atoms with Crippen LogP contribution in [0.25, 0.3) is 0 Å². The van der Waals surface area contributed by atoms with Crippen molar-refractivity contribution < 1.29 is 4.39 Å². The van der Waals surface area contributed by atoms with Crippen LogP contribution in [0, 0.1) is 5.82 Å². The van der Waals surface area contributed by atoms with Crippen LogP contribution in [0.3, 0.4) is 0 Å². The fraction of sp³-hybridized carbons (Fsp3) is 0.538. The van der Waals surface area contributed by atoms with Crippen molar-refractivity contribution in [3.63, 3.8) is 0 Å². The summed E-state index contributed by atoms with van der Waals surface area (Å²) in [5.41, 5.74) is 6.78. The van der Waals surface area contributed by atoms with Crippen molar-refractivity contribution in [3.8, 4) is 0 Å². The molecule has 0 radical (unpaired) electrons. The largest absolute Gasteiger partial charge is 0.328 e. The molecule has 1 fully saturated rings. The first kappa shape index (κ1) is 12.8. The van der Waals surface area contributed by atoms with Crippen LogP contribution in [-0.2, 0) is 6.54 Å². The molecule has 1 aromatic carbocycles. The molecule has 0 aromatic heterocycles. The molecule has 94 valence electrons. The van der Waals surface area contributed by atoms with Crippen molar-refractivity contribution in [1.82, 2.24) is 5.32 Å². The molecule has 0 aliphatic heterocycles. The first-order chi connectivity index (χ1) is 8.15. The maximum Gasteiger partial charge on any atom is 0.142 e. The predicted molar refractivity (Wildman–Crippen MR) is 68.5 cm³/mol. The van der Waals surface area contributed by atoms with Crippen LogP contribution in [0.15, 0.2) is 18.2 Å². The second-order valence-electron chi connectivity index (χ2n) is 4.74. The number of halogens is 2. The topological polar surface area (TPSA) is 38.0 Å². The summed E-state index contributed by atoms with van der Waals surface area (Å²) >= 11 is 5.64. The lowest BCUT2D eigenvalue weighted by molar-refractivity contribution is 0.341. The van der Waals surface area contributed by atoms with E-state index in [0.29, 0.717) is 18.6 Å². The van der Waals surface area contributed by atoms with Gasteiger partial charge in [0.25, 0.3) is 0 Å². The van der Waals surface area contributed by atoms with E-state index >= 15 is 0 Å². The normalized spacial score (nSPS) is 24.9. The average molecular weight is 257 g/mol. The molecule has 0 bridgehead atoms. The molecule has 0 atom stereocenters. The van der Waals surface area contributed by atoms with E-state index in [-0.39, 0.29) is 10.8 Å². The van der Waals surface area contributed by atoms with Crippen molar-refractivity contribution in [2.45, 2.75) is 44.3 Å². The third kappa shape index (κ3) is 3.66. The molecular formula is C13H18ClFN2. The lowest BCUT2D eigenvalue weighted by atomic mass is 9.92. The molecule has 0 spiro atoms. The molecular weight excluding hydrogens is 239 g/mol. The molecule has 1 saturated carbocycles. The van der Waals surface area contributed by atoms with Crippen molar-refractivity contribution in [2.24, 2.45) is 5.73 Å². The molecule has 1 aliphatic carbocycles. The number of hydrogen-bond acceptors (Lipinski definition) is 2. The summed E-state index contributed by atoms with van der Waals surface area (Å²) in [6, 6.07) is 5.82. The maximum atomic E-state index is 13.2. The minimum absolute atomic E-state index is 0.178.